The van der Waals surface area contributed by atoms with Crippen LogP contribution in [-0.2, 0) is 0 Å². The molecule has 5 nitrogen and oxygen atoms in total. The van der Waals surface area contributed by atoms with Gasteiger partial charge in [0.15, 0.2) is 5.49 Å². The summed E-state index contributed by atoms with van der Waals surface area (Å²) >= 11 is 0. The highest BCUT2D eigenvalue weighted by Gasteiger charge is 2.09. The van der Waals surface area contributed by atoms with Gasteiger partial charge in [-0.25, -0.2) is 0 Å². The van der Waals surface area contributed by atoms with Gasteiger partial charge in [-0.2, -0.15) is 4.73 Å². The lowest BCUT2D eigenvalue weighted by molar-refractivity contribution is 0.171. The van der Waals surface area contributed by atoms with Gasteiger partial charge >= 0.3 is 0 Å². The standard InChI is InChI=1S/C13H14N4O/c1-9-7-11(14)12(8-10(9)2)15-16-13-5-3-4-6-17(13)18/h3-8,14,18H,1-2H3. The summed E-state index contributed by atoms with van der Waals surface area (Å²) in [6.45, 7) is 3.91. The van der Waals surface area contributed by atoms with E-state index in [2.05, 4.69) is 10.2 Å². The fourth-order valence-corrected chi connectivity index (χ4v) is 1.49. The minimum absolute atomic E-state index is 0.315. The molecule has 0 saturated heterocycles. The van der Waals surface area contributed by atoms with Crippen LogP contribution in [0.25, 0.3) is 0 Å². The summed E-state index contributed by atoms with van der Waals surface area (Å²) in [5.41, 5.74) is 3.24. The quantitative estimate of drug-likeness (QED) is 0.440. The lowest BCUT2D eigenvalue weighted by Gasteiger charge is -2.09. The molecule has 0 bridgehead atoms. The van der Waals surface area contributed by atoms with Crippen LogP contribution in [0.3, 0.4) is 0 Å². The maximum Gasteiger partial charge on any atom is 0.189 e. The topological polar surface area (TPSA) is 73.7 Å². The Morgan fingerprint density at radius 3 is 2.56 bits per heavy atom. The molecule has 0 fully saturated rings. The third-order valence-electron chi connectivity index (χ3n) is 2.69. The molecule has 92 valence electrons. The molecule has 0 saturated carbocycles. The second kappa shape index (κ2) is 4.83. The zero-order valence-electron chi connectivity index (χ0n) is 10.3. The maximum atomic E-state index is 9.47. The minimum Gasteiger partial charge on any atom is -0.427 e. The molecular weight excluding hydrogens is 228 g/mol. The highest BCUT2D eigenvalue weighted by Crippen LogP contribution is 2.14. The van der Waals surface area contributed by atoms with Crippen molar-refractivity contribution in [2.75, 3.05) is 0 Å². The molecule has 2 N–H and O–H groups in total. The summed E-state index contributed by atoms with van der Waals surface area (Å²) < 4.78 is 0.883. The van der Waals surface area contributed by atoms with E-state index in [1.54, 1.807) is 24.3 Å². The molecule has 1 aromatic heterocycles. The van der Waals surface area contributed by atoms with Crippen molar-refractivity contribution >= 4 is 11.4 Å². The van der Waals surface area contributed by atoms with Gasteiger partial charge in [-0.05, 0) is 49.3 Å². The molecule has 0 amide bonds. The first-order chi connectivity index (χ1) is 8.58. The van der Waals surface area contributed by atoms with E-state index >= 15 is 0 Å². The number of hydrogen-bond donors (Lipinski definition) is 2. The summed E-state index contributed by atoms with van der Waals surface area (Å²) in [7, 11) is 0. The first-order valence-corrected chi connectivity index (χ1v) is 5.52. The summed E-state index contributed by atoms with van der Waals surface area (Å²) in [6.07, 6.45) is 5.03. The largest absolute Gasteiger partial charge is 0.427 e. The van der Waals surface area contributed by atoms with E-state index in [9.17, 15) is 5.21 Å². The van der Waals surface area contributed by atoms with E-state index in [0.717, 1.165) is 15.9 Å². The van der Waals surface area contributed by atoms with Gasteiger partial charge in [0.05, 0.1) is 5.71 Å². The van der Waals surface area contributed by atoms with Crippen molar-refractivity contribution in [1.82, 2.24) is 4.73 Å². The molecule has 18 heavy (non-hydrogen) atoms. The van der Waals surface area contributed by atoms with Gasteiger partial charge in [-0.1, -0.05) is 6.07 Å². The Morgan fingerprint density at radius 1 is 1.11 bits per heavy atom. The van der Waals surface area contributed by atoms with Crippen LogP contribution >= 0.6 is 0 Å². The van der Waals surface area contributed by atoms with Crippen LogP contribution in [0.5, 0.6) is 0 Å². The second-order valence-electron chi connectivity index (χ2n) is 4.06. The minimum atomic E-state index is 0.315. The van der Waals surface area contributed by atoms with E-state index in [4.69, 9.17) is 5.41 Å². The van der Waals surface area contributed by atoms with Gasteiger partial charge < -0.3 is 5.21 Å². The van der Waals surface area contributed by atoms with Gasteiger partial charge in [0.1, 0.15) is 5.71 Å². The molecule has 0 atom stereocenters. The lowest BCUT2D eigenvalue weighted by Crippen LogP contribution is -2.18. The van der Waals surface area contributed by atoms with Crippen LogP contribution in [0.4, 0.5) is 0 Å². The Kier molecular flexibility index (Phi) is 3.23. The average molecular weight is 242 g/mol. The number of allylic oxidation sites excluding steroid dienone is 4. The van der Waals surface area contributed by atoms with Crippen molar-refractivity contribution in [1.29, 1.82) is 5.41 Å². The van der Waals surface area contributed by atoms with Crippen molar-refractivity contribution in [2.24, 2.45) is 10.2 Å². The Balaban J connectivity index is 2.40. The monoisotopic (exact) mass is 242 g/mol. The Hall–Kier alpha value is -2.43. The van der Waals surface area contributed by atoms with Crippen LogP contribution in [-0.4, -0.2) is 21.4 Å². The van der Waals surface area contributed by atoms with E-state index in [-0.39, 0.29) is 0 Å². The lowest BCUT2D eigenvalue weighted by atomic mass is 9.98. The molecule has 0 spiro atoms. The third-order valence-corrected chi connectivity index (χ3v) is 2.69. The zero-order chi connectivity index (χ0) is 13.1. The number of aromatic nitrogens is 1. The molecular formula is C13H14N4O. The smallest absolute Gasteiger partial charge is 0.189 e. The normalized spacial score (nSPS) is 18.9. The molecule has 1 aromatic rings. The van der Waals surface area contributed by atoms with Gasteiger partial charge in [-0.15, -0.1) is 10.2 Å². The molecule has 0 unspecified atom stereocenters. The molecule has 1 heterocycles. The van der Waals surface area contributed by atoms with Crippen LogP contribution < -0.4 is 5.49 Å². The van der Waals surface area contributed by atoms with E-state index < -0.39 is 0 Å². The number of nitrogens with zero attached hydrogens (tertiary/aromatic N) is 3. The maximum absolute atomic E-state index is 9.47. The van der Waals surface area contributed by atoms with Crippen molar-refractivity contribution in [3.05, 3.63) is 53.2 Å². The van der Waals surface area contributed by atoms with Gasteiger partial charge in [0, 0.05) is 6.20 Å². The Morgan fingerprint density at radius 2 is 1.83 bits per heavy atom. The number of nitrogens with one attached hydrogen (secondary N) is 1. The fourth-order valence-electron chi connectivity index (χ4n) is 1.49. The van der Waals surface area contributed by atoms with Crippen LogP contribution in [0.15, 0.2) is 57.9 Å². The van der Waals surface area contributed by atoms with E-state index in [0.29, 0.717) is 16.9 Å². The van der Waals surface area contributed by atoms with Crippen molar-refractivity contribution < 1.29 is 5.21 Å². The van der Waals surface area contributed by atoms with Gasteiger partial charge in [0.2, 0.25) is 0 Å². The van der Waals surface area contributed by atoms with Crippen molar-refractivity contribution in [2.45, 2.75) is 13.8 Å². The molecule has 0 radical (unpaired) electrons. The molecule has 0 aromatic carbocycles. The predicted molar refractivity (Wildman–Crippen MR) is 69.9 cm³/mol. The van der Waals surface area contributed by atoms with Crippen LogP contribution in [0, 0.1) is 5.41 Å². The van der Waals surface area contributed by atoms with Crippen molar-refractivity contribution in [3.8, 4) is 0 Å². The SMILES string of the molecule is CC1=CC(=N)C(=NN=c2ccccn2O)C=C1C. The van der Waals surface area contributed by atoms with Crippen molar-refractivity contribution in [3.63, 3.8) is 0 Å². The summed E-state index contributed by atoms with van der Waals surface area (Å²) in [5, 5.41) is 25.2. The highest BCUT2D eigenvalue weighted by molar-refractivity contribution is 6.50. The summed E-state index contributed by atoms with van der Waals surface area (Å²) in [4.78, 5) is 0. The first kappa shape index (κ1) is 12.0. The summed E-state index contributed by atoms with van der Waals surface area (Å²) in [6, 6.07) is 5.07. The molecule has 5 heteroatoms. The molecule has 1 aliphatic carbocycles. The summed E-state index contributed by atoms with van der Waals surface area (Å²) in [5.74, 6) is 0. The molecule has 1 aliphatic rings. The third kappa shape index (κ3) is 2.45. The molecule has 2 rings (SSSR count). The second-order valence-corrected chi connectivity index (χ2v) is 4.06. The van der Waals surface area contributed by atoms with E-state index in [1.165, 1.54) is 6.20 Å². The van der Waals surface area contributed by atoms with Crippen LogP contribution in [0.2, 0.25) is 0 Å². The average Bonchev–Trinajstić information content (AvgIpc) is 2.34. The number of rotatable bonds is 1. The Bertz CT molecular complexity index is 647. The van der Waals surface area contributed by atoms with Gasteiger partial charge in [0.25, 0.3) is 0 Å². The first-order valence-electron chi connectivity index (χ1n) is 5.52. The zero-order valence-corrected chi connectivity index (χ0v) is 10.3. The number of hydrogen-bond acceptors (Lipinski definition) is 4. The Labute approximate surface area is 105 Å². The number of pyridine rings is 1. The van der Waals surface area contributed by atoms with E-state index in [1.807, 2.05) is 19.9 Å². The molecule has 0 aliphatic heterocycles. The highest BCUT2D eigenvalue weighted by atomic mass is 16.5. The fraction of sp³-hybridized carbons (Fsp3) is 0.154. The predicted octanol–water partition coefficient (Wildman–Crippen LogP) is 1.91. The van der Waals surface area contributed by atoms with Gasteiger partial charge in [-0.3, -0.25) is 5.41 Å². The van der Waals surface area contributed by atoms with Crippen LogP contribution in [0.1, 0.15) is 13.8 Å².